The Bertz CT molecular complexity index is 868. The van der Waals surface area contributed by atoms with Crippen LogP contribution in [0.3, 0.4) is 0 Å². The predicted molar refractivity (Wildman–Crippen MR) is 90.8 cm³/mol. The average Bonchev–Trinajstić information content (AvgIpc) is 3.25. The van der Waals surface area contributed by atoms with Gasteiger partial charge in [-0.1, -0.05) is 17.7 Å². The SMILES string of the molecule is O=C(NCC1(c2c[nH]c3cc(Cl)ccc23)CC1)c1cccnc1. The topological polar surface area (TPSA) is 57.8 Å². The molecule has 0 radical (unpaired) electrons. The molecule has 3 aromatic rings. The lowest BCUT2D eigenvalue weighted by Gasteiger charge is -2.15. The summed E-state index contributed by atoms with van der Waals surface area (Å²) in [5, 5.41) is 4.95. The minimum Gasteiger partial charge on any atom is -0.361 e. The number of H-pyrrole nitrogens is 1. The molecule has 1 fully saturated rings. The number of nitrogens with one attached hydrogen (secondary N) is 2. The van der Waals surface area contributed by atoms with Crippen LogP contribution in [0.5, 0.6) is 0 Å². The lowest BCUT2D eigenvalue weighted by molar-refractivity contribution is 0.0949. The second-order valence-corrected chi connectivity index (χ2v) is 6.53. The number of carbonyl (C=O) groups excluding carboxylic acids is 1. The largest absolute Gasteiger partial charge is 0.361 e. The summed E-state index contributed by atoms with van der Waals surface area (Å²) in [5.74, 6) is -0.0766. The summed E-state index contributed by atoms with van der Waals surface area (Å²) in [7, 11) is 0. The van der Waals surface area contributed by atoms with Crippen molar-refractivity contribution in [2.75, 3.05) is 6.54 Å². The molecule has 0 saturated heterocycles. The van der Waals surface area contributed by atoms with E-state index in [1.807, 2.05) is 24.4 Å². The third kappa shape index (κ3) is 2.59. The first kappa shape index (κ1) is 14.3. The highest BCUT2D eigenvalue weighted by Crippen LogP contribution is 2.50. The van der Waals surface area contributed by atoms with Crippen LogP contribution in [0.25, 0.3) is 10.9 Å². The quantitative estimate of drug-likeness (QED) is 0.768. The van der Waals surface area contributed by atoms with Crippen molar-refractivity contribution < 1.29 is 4.79 Å². The van der Waals surface area contributed by atoms with Crippen LogP contribution in [-0.4, -0.2) is 22.4 Å². The molecule has 2 N–H and O–H groups in total. The highest BCUT2D eigenvalue weighted by molar-refractivity contribution is 6.31. The Hall–Kier alpha value is -2.33. The summed E-state index contributed by atoms with van der Waals surface area (Å²) in [5.41, 5.74) is 2.92. The number of aromatic amines is 1. The Balaban J connectivity index is 1.55. The van der Waals surface area contributed by atoms with Gasteiger partial charge in [0.1, 0.15) is 0 Å². The molecule has 5 heteroatoms. The number of aromatic nitrogens is 2. The third-order valence-electron chi connectivity index (χ3n) is 4.58. The Morgan fingerprint density at radius 1 is 1.35 bits per heavy atom. The monoisotopic (exact) mass is 325 g/mol. The maximum Gasteiger partial charge on any atom is 0.252 e. The fraction of sp³-hybridized carbons (Fsp3) is 0.222. The van der Waals surface area contributed by atoms with Crippen molar-refractivity contribution in [2.24, 2.45) is 0 Å². The summed E-state index contributed by atoms with van der Waals surface area (Å²) in [6, 6.07) is 9.43. The summed E-state index contributed by atoms with van der Waals surface area (Å²) < 4.78 is 0. The zero-order valence-corrected chi connectivity index (χ0v) is 13.2. The number of halogens is 1. The van der Waals surface area contributed by atoms with Crippen LogP contribution in [0.4, 0.5) is 0 Å². The number of hydrogen-bond donors (Lipinski definition) is 2. The van der Waals surface area contributed by atoms with E-state index in [4.69, 9.17) is 11.6 Å². The summed E-state index contributed by atoms with van der Waals surface area (Å²) >= 11 is 6.05. The maximum atomic E-state index is 12.2. The van der Waals surface area contributed by atoms with E-state index in [2.05, 4.69) is 15.3 Å². The van der Waals surface area contributed by atoms with Crippen LogP contribution in [-0.2, 0) is 5.41 Å². The molecule has 0 atom stereocenters. The molecule has 0 unspecified atom stereocenters. The van der Waals surface area contributed by atoms with Gasteiger partial charge in [0.25, 0.3) is 5.91 Å². The van der Waals surface area contributed by atoms with Gasteiger partial charge in [-0.2, -0.15) is 0 Å². The van der Waals surface area contributed by atoms with Gasteiger partial charge in [-0.15, -0.1) is 0 Å². The maximum absolute atomic E-state index is 12.2. The van der Waals surface area contributed by atoms with Gasteiger partial charge in [0.2, 0.25) is 0 Å². The summed E-state index contributed by atoms with van der Waals surface area (Å²) in [6.45, 7) is 0.635. The van der Waals surface area contributed by atoms with Crippen molar-refractivity contribution in [2.45, 2.75) is 18.3 Å². The van der Waals surface area contributed by atoms with E-state index in [0.717, 1.165) is 23.4 Å². The lowest BCUT2D eigenvalue weighted by Crippen LogP contribution is -2.32. The fourth-order valence-electron chi connectivity index (χ4n) is 3.08. The molecule has 0 spiro atoms. The van der Waals surface area contributed by atoms with Crippen molar-refractivity contribution >= 4 is 28.4 Å². The van der Waals surface area contributed by atoms with Crippen molar-refractivity contribution in [3.63, 3.8) is 0 Å². The molecule has 4 nitrogen and oxygen atoms in total. The Morgan fingerprint density at radius 2 is 2.22 bits per heavy atom. The number of benzene rings is 1. The summed E-state index contributed by atoms with van der Waals surface area (Å²) in [6.07, 6.45) is 7.45. The molecule has 1 saturated carbocycles. The Morgan fingerprint density at radius 3 is 2.96 bits per heavy atom. The van der Waals surface area contributed by atoms with E-state index >= 15 is 0 Å². The molecule has 0 aliphatic heterocycles. The van der Waals surface area contributed by atoms with Crippen LogP contribution in [0.15, 0.2) is 48.9 Å². The van der Waals surface area contributed by atoms with Crippen LogP contribution in [0.1, 0.15) is 28.8 Å². The molecular weight excluding hydrogens is 310 g/mol. The first-order valence-electron chi connectivity index (χ1n) is 7.63. The molecule has 1 aliphatic rings. The molecule has 2 heterocycles. The third-order valence-corrected chi connectivity index (χ3v) is 4.81. The Kier molecular flexibility index (Phi) is 3.34. The molecule has 116 valence electrons. The van der Waals surface area contributed by atoms with E-state index in [9.17, 15) is 4.79 Å². The molecular formula is C18H16ClN3O. The van der Waals surface area contributed by atoms with Gasteiger partial charge in [0.15, 0.2) is 0 Å². The first-order valence-corrected chi connectivity index (χ1v) is 8.01. The van der Waals surface area contributed by atoms with E-state index in [-0.39, 0.29) is 11.3 Å². The van der Waals surface area contributed by atoms with Gasteiger partial charge in [-0.3, -0.25) is 9.78 Å². The molecule has 2 aromatic heterocycles. The normalized spacial score (nSPS) is 15.5. The Labute approximate surface area is 138 Å². The fourth-order valence-corrected chi connectivity index (χ4v) is 3.25. The van der Waals surface area contributed by atoms with E-state index in [0.29, 0.717) is 12.1 Å². The van der Waals surface area contributed by atoms with E-state index < -0.39 is 0 Å². The smallest absolute Gasteiger partial charge is 0.252 e. The van der Waals surface area contributed by atoms with Crippen molar-refractivity contribution in [1.82, 2.24) is 15.3 Å². The number of carbonyl (C=O) groups is 1. The van der Waals surface area contributed by atoms with Crippen LogP contribution >= 0.6 is 11.6 Å². The lowest BCUT2D eigenvalue weighted by atomic mass is 9.95. The van der Waals surface area contributed by atoms with Crippen molar-refractivity contribution in [1.29, 1.82) is 0 Å². The van der Waals surface area contributed by atoms with Crippen LogP contribution in [0.2, 0.25) is 5.02 Å². The predicted octanol–water partition coefficient (Wildman–Crippen LogP) is 3.68. The number of fused-ring (bicyclic) bond motifs is 1. The van der Waals surface area contributed by atoms with Gasteiger partial charge in [-0.25, -0.2) is 0 Å². The second-order valence-electron chi connectivity index (χ2n) is 6.10. The van der Waals surface area contributed by atoms with Crippen LogP contribution in [0, 0.1) is 0 Å². The number of hydrogen-bond acceptors (Lipinski definition) is 2. The van der Waals surface area contributed by atoms with Crippen LogP contribution < -0.4 is 5.32 Å². The van der Waals surface area contributed by atoms with E-state index in [1.165, 1.54) is 10.9 Å². The van der Waals surface area contributed by atoms with E-state index in [1.54, 1.807) is 24.5 Å². The molecule has 1 amide bonds. The summed E-state index contributed by atoms with van der Waals surface area (Å²) in [4.78, 5) is 19.5. The number of nitrogens with zero attached hydrogens (tertiary/aromatic N) is 1. The molecule has 1 aliphatic carbocycles. The number of amides is 1. The standard InChI is InChI=1S/C18H16ClN3O/c19-13-3-4-14-15(10-21-16(14)8-13)18(5-6-18)11-22-17(23)12-2-1-7-20-9-12/h1-4,7-10,21H,5-6,11H2,(H,22,23). The minimum absolute atomic E-state index is 0.0317. The van der Waals surface area contributed by atoms with Gasteiger partial charge >= 0.3 is 0 Å². The number of pyridine rings is 1. The zero-order chi connectivity index (χ0) is 15.9. The molecule has 4 rings (SSSR count). The molecule has 0 bridgehead atoms. The first-order chi connectivity index (χ1) is 11.2. The van der Waals surface area contributed by atoms with Crippen molar-refractivity contribution in [3.05, 3.63) is 65.1 Å². The minimum atomic E-state index is -0.0766. The zero-order valence-electron chi connectivity index (χ0n) is 12.5. The van der Waals surface area contributed by atoms with Gasteiger partial charge in [0.05, 0.1) is 5.56 Å². The average molecular weight is 326 g/mol. The molecule has 1 aromatic carbocycles. The van der Waals surface area contributed by atoms with Gasteiger partial charge in [-0.05, 0) is 42.7 Å². The van der Waals surface area contributed by atoms with Crippen molar-refractivity contribution in [3.8, 4) is 0 Å². The number of rotatable bonds is 4. The highest BCUT2D eigenvalue weighted by atomic mass is 35.5. The van der Waals surface area contributed by atoms with Gasteiger partial charge in [0, 0.05) is 46.5 Å². The molecule has 23 heavy (non-hydrogen) atoms. The second kappa shape index (κ2) is 5.39. The van der Waals surface area contributed by atoms with Gasteiger partial charge < -0.3 is 10.3 Å². The highest BCUT2D eigenvalue weighted by Gasteiger charge is 2.45.